The minimum Gasteiger partial charge on any atom is -0.494 e. The van der Waals surface area contributed by atoms with Gasteiger partial charge in [-0.3, -0.25) is 4.79 Å². The summed E-state index contributed by atoms with van der Waals surface area (Å²) in [6.45, 7) is 6.41. The molecule has 1 saturated heterocycles. The summed E-state index contributed by atoms with van der Waals surface area (Å²) in [5, 5.41) is 7.56. The molecule has 9 nitrogen and oxygen atoms in total. The van der Waals surface area contributed by atoms with Gasteiger partial charge in [-0.1, -0.05) is 24.8 Å². The molecule has 4 heterocycles. The molecule has 0 spiro atoms. The summed E-state index contributed by atoms with van der Waals surface area (Å²) in [7, 11) is 5.84. The van der Waals surface area contributed by atoms with E-state index in [1.165, 1.54) is 28.2 Å². The molecule has 2 aliphatic rings. The average Bonchev–Trinajstić information content (AvgIpc) is 3.70. The Morgan fingerprint density at radius 1 is 1.18 bits per heavy atom. The van der Waals surface area contributed by atoms with Crippen molar-refractivity contribution in [3.8, 4) is 17.0 Å². The van der Waals surface area contributed by atoms with Crippen LogP contribution < -0.4 is 20.3 Å². The second-order valence-electron chi connectivity index (χ2n) is 10.6. The van der Waals surface area contributed by atoms with Crippen LogP contribution in [0, 0.1) is 0 Å². The van der Waals surface area contributed by atoms with Crippen molar-refractivity contribution in [2.24, 2.45) is 0 Å². The molecule has 2 aliphatic heterocycles. The zero-order valence-corrected chi connectivity index (χ0v) is 23.3. The van der Waals surface area contributed by atoms with E-state index in [-0.39, 0.29) is 5.91 Å². The van der Waals surface area contributed by atoms with E-state index >= 15 is 0 Å². The Balaban J connectivity index is 1.37. The van der Waals surface area contributed by atoms with Crippen LogP contribution >= 0.6 is 0 Å². The smallest absolute Gasteiger partial charge is 0.247 e. The van der Waals surface area contributed by atoms with Gasteiger partial charge in [0.25, 0.3) is 0 Å². The molecule has 1 fully saturated rings. The fourth-order valence-electron chi connectivity index (χ4n) is 6.00. The van der Waals surface area contributed by atoms with Crippen molar-refractivity contribution in [2.45, 2.75) is 31.8 Å². The molecule has 2 aromatic carbocycles. The molecule has 1 amide bonds. The van der Waals surface area contributed by atoms with E-state index in [9.17, 15) is 4.79 Å². The molecule has 2 aromatic heterocycles. The maximum Gasteiger partial charge on any atom is 0.247 e. The number of para-hydroxylation sites is 1. The van der Waals surface area contributed by atoms with Crippen molar-refractivity contribution < 1.29 is 9.53 Å². The standard InChI is InChI=1S/C31H35N7O2/c1-5-29(39)33-23-17-24(28(40-4)18-27(23)37-16-13-20(19-37)36(2)3)35-31-32-14-12-22(34-31)30-21-9-6-7-10-25(21)38-15-8-11-26(30)38/h5-7,9-10,12,14,17-18,20H,1,8,11,13,15-16,19H2,2-4H3,(H,33,39)(H,32,34,35). The van der Waals surface area contributed by atoms with Crippen molar-refractivity contribution in [3.05, 3.63) is 67.0 Å². The summed E-state index contributed by atoms with van der Waals surface area (Å²) < 4.78 is 8.22. The van der Waals surface area contributed by atoms with Crippen molar-refractivity contribution in [1.82, 2.24) is 19.4 Å². The zero-order chi connectivity index (χ0) is 27.8. The molecule has 0 bridgehead atoms. The predicted molar refractivity (Wildman–Crippen MR) is 161 cm³/mol. The molecule has 9 heteroatoms. The molecule has 6 rings (SSSR count). The molecule has 2 N–H and O–H groups in total. The normalized spacial score (nSPS) is 16.4. The van der Waals surface area contributed by atoms with Crippen molar-refractivity contribution in [2.75, 3.05) is 49.8 Å². The van der Waals surface area contributed by atoms with Gasteiger partial charge in [0.05, 0.1) is 29.9 Å². The van der Waals surface area contributed by atoms with Gasteiger partial charge in [-0.15, -0.1) is 0 Å². The highest BCUT2D eigenvalue weighted by Crippen LogP contribution is 2.41. The lowest BCUT2D eigenvalue weighted by Gasteiger charge is -2.25. The molecule has 0 aliphatic carbocycles. The topological polar surface area (TPSA) is 87.5 Å². The SMILES string of the molecule is C=CC(=O)Nc1cc(Nc2nccc(-c3c4n(c5ccccc35)CCC4)n2)c(OC)cc1N1CCC(N(C)C)C1. The highest BCUT2D eigenvalue weighted by Gasteiger charge is 2.28. The highest BCUT2D eigenvalue weighted by molar-refractivity contribution is 6.02. The third-order valence-electron chi connectivity index (χ3n) is 8.03. The average molecular weight is 538 g/mol. The number of methoxy groups -OCH3 is 1. The maximum absolute atomic E-state index is 12.4. The van der Waals surface area contributed by atoms with Crippen molar-refractivity contribution >= 4 is 39.8 Å². The highest BCUT2D eigenvalue weighted by atomic mass is 16.5. The molecular formula is C31H35N7O2. The summed E-state index contributed by atoms with van der Waals surface area (Å²) >= 11 is 0. The van der Waals surface area contributed by atoms with Crippen LogP contribution in [0.4, 0.5) is 23.0 Å². The van der Waals surface area contributed by atoms with Crippen LogP contribution in [-0.4, -0.2) is 65.7 Å². The number of aryl methyl sites for hydroxylation is 1. The second kappa shape index (κ2) is 10.7. The van der Waals surface area contributed by atoms with Crippen LogP contribution in [0.15, 0.2) is 61.3 Å². The monoisotopic (exact) mass is 537 g/mol. The fourth-order valence-corrected chi connectivity index (χ4v) is 6.00. The first kappa shape index (κ1) is 25.9. The van der Waals surface area contributed by atoms with E-state index in [2.05, 4.69) is 74.9 Å². The predicted octanol–water partition coefficient (Wildman–Crippen LogP) is 5.06. The van der Waals surface area contributed by atoms with Gasteiger partial charge in [-0.05, 0) is 57.6 Å². The summed E-state index contributed by atoms with van der Waals surface area (Å²) in [6.07, 6.45) is 6.28. The number of carbonyl (C=O) groups excluding carboxylic acids is 1. The number of amides is 1. The summed E-state index contributed by atoms with van der Waals surface area (Å²) in [6, 6.07) is 14.8. The Hall–Kier alpha value is -4.37. The zero-order valence-electron chi connectivity index (χ0n) is 23.3. The quantitative estimate of drug-likeness (QED) is 0.304. The molecule has 0 saturated carbocycles. The first-order chi connectivity index (χ1) is 19.5. The summed E-state index contributed by atoms with van der Waals surface area (Å²) in [4.78, 5) is 26.4. The number of hydrogen-bond acceptors (Lipinski definition) is 7. The molecular weight excluding hydrogens is 502 g/mol. The number of aromatic nitrogens is 3. The number of carbonyl (C=O) groups is 1. The van der Waals surface area contributed by atoms with Gasteiger partial charge in [-0.25, -0.2) is 9.97 Å². The van der Waals surface area contributed by atoms with Crippen LogP contribution in [0.25, 0.3) is 22.2 Å². The molecule has 206 valence electrons. The van der Waals surface area contributed by atoms with E-state index in [1.54, 1.807) is 13.3 Å². The Labute approximate surface area is 234 Å². The Kier molecular flexibility index (Phi) is 6.89. The van der Waals surface area contributed by atoms with E-state index in [4.69, 9.17) is 9.72 Å². The van der Waals surface area contributed by atoms with Gasteiger partial charge in [0.1, 0.15) is 5.75 Å². The number of hydrogen-bond donors (Lipinski definition) is 2. The minimum atomic E-state index is -0.270. The minimum absolute atomic E-state index is 0.270. The van der Waals surface area contributed by atoms with E-state index in [0.717, 1.165) is 50.3 Å². The number of fused-ring (bicyclic) bond motifs is 3. The molecule has 1 atom stereocenters. The Morgan fingerprint density at radius 2 is 2.02 bits per heavy atom. The third kappa shape index (κ3) is 4.66. The van der Waals surface area contributed by atoms with Crippen LogP contribution in [0.1, 0.15) is 18.5 Å². The molecule has 0 radical (unpaired) electrons. The van der Waals surface area contributed by atoms with Crippen molar-refractivity contribution in [1.29, 1.82) is 0 Å². The van der Waals surface area contributed by atoms with Gasteiger partial charge in [0.15, 0.2) is 0 Å². The number of rotatable bonds is 8. The largest absolute Gasteiger partial charge is 0.494 e. The van der Waals surface area contributed by atoms with Crippen LogP contribution in [0.3, 0.4) is 0 Å². The maximum atomic E-state index is 12.4. The number of nitrogens with zero attached hydrogens (tertiary/aromatic N) is 5. The van der Waals surface area contributed by atoms with Gasteiger partial charge in [0.2, 0.25) is 11.9 Å². The second-order valence-corrected chi connectivity index (χ2v) is 10.6. The summed E-state index contributed by atoms with van der Waals surface area (Å²) in [5.41, 5.74) is 6.88. The van der Waals surface area contributed by atoms with E-state index in [0.29, 0.717) is 29.1 Å². The van der Waals surface area contributed by atoms with Crippen molar-refractivity contribution in [3.63, 3.8) is 0 Å². The lowest BCUT2D eigenvalue weighted by molar-refractivity contribution is -0.111. The lowest BCUT2D eigenvalue weighted by atomic mass is 10.1. The number of nitrogens with one attached hydrogen (secondary N) is 2. The molecule has 40 heavy (non-hydrogen) atoms. The summed E-state index contributed by atoms with van der Waals surface area (Å²) in [5.74, 6) is 0.831. The number of benzene rings is 2. The van der Waals surface area contributed by atoms with Gasteiger partial charge >= 0.3 is 0 Å². The van der Waals surface area contributed by atoms with Crippen LogP contribution in [0.5, 0.6) is 5.75 Å². The Bertz CT molecular complexity index is 1590. The third-order valence-corrected chi connectivity index (χ3v) is 8.03. The van der Waals surface area contributed by atoms with Crippen LogP contribution in [-0.2, 0) is 17.8 Å². The molecule has 4 aromatic rings. The first-order valence-corrected chi connectivity index (χ1v) is 13.7. The lowest BCUT2D eigenvalue weighted by Crippen LogP contribution is -2.31. The van der Waals surface area contributed by atoms with Gasteiger partial charge < -0.3 is 29.7 Å². The van der Waals surface area contributed by atoms with Crippen LogP contribution in [0.2, 0.25) is 0 Å². The number of anilines is 4. The number of likely N-dealkylation sites (N-methyl/N-ethyl adjacent to an activating group) is 1. The van der Waals surface area contributed by atoms with Gasteiger partial charge in [0, 0.05) is 60.1 Å². The van der Waals surface area contributed by atoms with E-state index in [1.807, 2.05) is 18.2 Å². The van der Waals surface area contributed by atoms with Gasteiger partial charge in [-0.2, -0.15) is 0 Å². The first-order valence-electron chi connectivity index (χ1n) is 13.7. The Morgan fingerprint density at radius 3 is 2.80 bits per heavy atom. The van der Waals surface area contributed by atoms with E-state index < -0.39 is 0 Å². The number of ether oxygens (including phenoxy) is 1. The molecule has 1 unspecified atom stereocenters. The fraction of sp³-hybridized carbons (Fsp3) is 0.323.